The molecule has 16 heavy (non-hydrogen) atoms. The van der Waals surface area contributed by atoms with E-state index in [1.54, 1.807) is 0 Å². The predicted octanol–water partition coefficient (Wildman–Crippen LogP) is 1.87. The van der Waals surface area contributed by atoms with Crippen LogP contribution in [0.25, 0.3) is 6.08 Å². The number of nitrogens with zero attached hydrogens (tertiary/aromatic N) is 3. The van der Waals surface area contributed by atoms with Crippen molar-refractivity contribution < 1.29 is 0 Å². The lowest BCUT2D eigenvalue weighted by molar-refractivity contribution is 0.312. The second kappa shape index (κ2) is 5.12. The Morgan fingerprint density at radius 3 is 2.69 bits per heavy atom. The largest absolute Gasteiger partial charge is 0.354 e. The summed E-state index contributed by atoms with van der Waals surface area (Å²) in [5, 5.41) is 0. The third-order valence-corrected chi connectivity index (χ3v) is 2.96. The Bertz CT molecular complexity index is 365. The number of piperazine rings is 1. The Morgan fingerprint density at radius 1 is 1.25 bits per heavy atom. The first-order chi connectivity index (χ1) is 7.79. The maximum atomic E-state index is 4.44. The average molecular weight is 217 g/mol. The molecule has 0 unspecified atom stereocenters. The molecule has 0 amide bonds. The fourth-order valence-corrected chi connectivity index (χ4v) is 1.94. The quantitative estimate of drug-likeness (QED) is 0.754. The summed E-state index contributed by atoms with van der Waals surface area (Å²) in [5.74, 6) is 1.10. The molecule has 0 aliphatic carbocycles. The summed E-state index contributed by atoms with van der Waals surface area (Å²) in [6.07, 6.45) is 6.06. The van der Waals surface area contributed by atoms with Crippen molar-refractivity contribution in [1.29, 1.82) is 0 Å². The highest BCUT2D eigenvalue weighted by Gasteiger charge is 2.14. The maximum Gasteiger partial charge on any atom is 0.129 e. The van der Waals surface area contributed by atoms with Gasteiger partial charge in [0.25, 0.3) is 0 Å². The van der Waals surface area contributed by atoms with Crippen molar-refractivity contribution in [2.24, 2.45) is 0 Å². The molecule has 0 saturated carbocycles. The van der Waals surface area contributed by atoms with Crippen LogP contribution in [0, 0.1) is 0 Å². The molecule has 0 spiro atoms. The van der Waals surface area contributed by atoms with Gasteiger partial charge in [-0.25, -0.2) is 4.98 Å². The molecule has 2 rings (SSSR count). The first-order valence-corrected chi connectivity index (χ1v) is 5.82. The van der Waals surface area contributed by atoms with Gasteiger partial charge in [-0.2, -0.15) is 0 Å². The van der Waals surface area contributed by atoms with Crippen LogP contribution in [0.4, 0.5) is 5.82 Å². The van der Waals surface area contributed by atoms with Crippen molar-refractivity contribution in [3.05, 3.63) is 30.0 Å². The minimum Gasteiger partial charge on any atom is -0.354 e. The van der Waals surface area contributed by atoms with Crippen molar-refractivity contribution in [2.45, 2.75) is 6.92 Å². The van der Waals surface area contributed by atoms with Crippen LogP contribution in [-0.4, -0.2) is 43.1 Å². The number of hydrogen-bond donors (Lipinski definition) is 0. The lowest BCUT2D eigenvalue weighted by atomic mass is 10.2. The van der Waals surface area contributed by atoms with Crippen molar-refractivity contribution in [3.63, 3.8) is 0 Å². The molecular weight excluding hydrogens is 198 g/mol. The number of allylic oxidation sites excluding steroid dienone is 1. The molecule has 1 aliphatic heterocycles. The Morgan fingerprint density at radius 2 is 2.00 bits per heavy atom. The molecule has 1 fully saturated rings. The topological polar surface area (TPSA) is 19.4 Å². The normalized spacial score (nSPS) is 18.2. The van der Waals surface area contributed by atoms with Gasteiger partial charge in [-0.1, -0.05) is 12.2 Å². The van der Waals surface area contributed by atoms with E-state index >= 15 is 0 Å². The summed E-state index contributed by atoms with van der Waals surface area (Å²) in [6.45, 7) is 6.42. The standard InChI is InChI=1S/C13H19N3/c1-3-4-12-5-6-14-13(11-12)16-9-7-15(2)8-10-16/h3-6,11H,7-10H2,1-2H3/b4-3+. The molecule has 1 aromatic rings. The lowest BCUT2D eigenvalue weighted by Crippen LogP contribution is -2.44. The molecule has 0 aromatic carbocycles. The second-order valence-corrected chi connectivity index (χ2v) is 4.24. The monoisotopic (exact) mass is 217 g/mol. The van der Waals surface area contributed by atoms with Crippen LogP contribution in [0.15, 0.2) is 24.4 Å². The molecule has 0 N–H and O–H groups in total. The SMILES string of the molecule is C/C=C/c1ccnc(N2CCN(C)CC2)c1. The number of pyridine rings is 1. The van der Waals surface area contributed by atoms with Gasteiger partial charge in [0.1, 0.15) is 5.82 Å². The zero-order valence-corrected chi connectivity index (χ0v) is 10.1. The lowest BCUT2D eigenvalue weighted by Gasteiger charge is -2.33. The van der Waals surface area contributed by atoms with E-state index in [9.17, 15) is 0 Å². The van der Waals surface area contributed by atoms with Crippen LogP contribution >= 0.6 is 0 Å². The molecule has 3 nitrogen and oxygen atoms in total. The smallest absolute Gasteiger partial charge is 0.129 e. The van der Waals surface area contributed by atoms with Crippen LogP contribution in [0.5, 0.6) is 0 Å². The van der Waals surface area contributed by atoms with E-state index in [1.165, 1.54) is 5.56 Å². The number of rotatable bonds is 2. The highest BCUT2D eigenvalue weighted by Crippen LogP contribution is 2.15. The van der Waals surface area contributed by atoms with E-state index in [-0.39, 0.29) is 0 Å². The summed E-state index contributed by atoms with van der Waals surface area (Å²) in [6, 6.07) is 4.20. The molecule has 0 bridgehead atoms. The average Bonchev–Trinajstić information content (AvgIpc) is 2.31. The molecule has 1 saturated heterocycles. The van der Waals surface area contributed by atoms with E-state index < -0.39 is 0 Å². The minimum absolute atomic E-state index is 1.07. The maximum absolute atomic E-state index is 4.44. The first-order valence-electron chi connectivity index (χ1n) is 5.82. The minimum atomic E-state index is 1.07. The number of hydrogen-bond acceptors (Lipinski definition) is 3. The zero-order valence-electron chi connectivity index (χ0n) is 10.1. The number of anilines is 1. The fraction of sp³-hybridized carbons (Fsp3) is 0.462. The van der Waals surface area contributed by atoms with Gasteiger partial charge in [-0.15, -0.1) is 0 Å². The van der Waals surface area contributed by atoms with Gasteiger partial charge in [0.15, 0.2) is 0 Å². The van der Waals surface area contributed by atoms with Crippen LogP contribution in [0.3, 0.4) is 0 Å². The van der Waals surface area contributed by atoms with Crippen molar-refractivity contribution in [1.82, 2.24) is 9.88 Å². The van der Waals surface area contributed by atoms with Gasteiger partial charge in [-0.3, -0.25) is 0 Å². The van der Waals surface area contributed by atoms with Gasteiger partial charge >= 0.3 is 0 Å². The third kappa shape index (κ3) is 2.61. The molecule has 1 aromatic heterocycles. The van der Waals surface area contributed by atoms with Crippen LogP contribution in [-0.2, 0) is 0 Å². The molecule has 0 atom stereocenters. The Kier molecular flexibility index (Phi) is 3.57. The molecule has 0 radical (unpaired) electrons. The number of likely N-dealkylation sites (N-methyl/N-ethyl adjacent to an activating group) is 1. The molecular formula is C13H19N3. The Hall–Kier alpha value is -1.35. The van der Waals surface area contributed by atoms with E-state index in [1.807, 2.05) is 19.2 Å². The second-order valence-electron chi connectivity index (χ2n) is 4.24. The summed E-state index contributed by atoms with van der Waals surface area (Å²) >= 11 is 0. The van der Waals surface area contributed by atoms with Gasteiger partial charge < -0.3 is 9.80 Å². The van der Waals surface area contributed by atoms with Gasteiger partial charge in [0.05, 0.1) is 0 Å². The summed E-state index contributed by atoms with van der Waals surface area (Å²) in [4.78, 5) is 9.15. The summed E-state index contributed by atoms with van der Waals surface area (Å²) in [5.41, 5.74) is 1.23. The third-order valence-electron chi connectivity index (χ3n) is 2.96. The number of aromatic nitrogens is 1. The zero-order chi connectivity index (χ0) is 11.4. The Balaban J connectivity index is 2.11. The fourth-order valence-electron chi connectivity index (χ4n) is 1.94. The highest BCUT2D eigenvalue weighted by atomic mass is 15.3. The van der Waals surface area contributed by atoms with E-state index in [0.29, 0.717) is 0 Å². The van der Waals surface area contributed by atoms with Gasteiger partial charge in [0, 0.05) is 32.4 Å². The summed E-state index contributed by atoms with van der Waals surface area (Å²) in [7, 11) is 2.17. The van der Waals surface area contributed by atoms with Crippen LogP contribution in [0.2, 0.25) is 0 Å². The van der Waals surface area contributed by atoms with E-state index in [2.05, 4.69) is 40.0 Å². The van der Waals surface area contributed by atoms with Crippen LogP contribution < -0.4 is 4.90 Å². The van der Waals surface area contributed by atoms with Gasteiger partial charge in [-0.05, 0) is 31.7 Å². The molecule has 2 heterocycles. The van der Waals surface area contributed by atoms with Crippen LogP contribution in [0.1, 0.15) is 12.5 Å². The van der Waals surface area contributed by atoms with Crippen molar-refractivity contribution >= 4 is 11.9 Å². The molecule has 1 aliphatic rings. The highest BCUT2D eigenvalue weighted by molar-refractivity contribution is 5.54. The summed E-state index contributed by atoms with van der Waals surface area (Å²) < 4.78 is 0. The van der Waals surface area contributed by atoms with E-state index in [4.69, 9.17) is 0 Å². The van der Waals surface area contributed by atoms with E-state index in [0.717, 1.165) is 32.0 Å². The predicted molar refractivity (Wildman–Crippen MR) is 68.7 cm³/mol. The molecule has 86 valence electrons. The van der Waals surface area contributed by atoms with Crippen molar-refractivity contribution in [3.8, 4) is 0 Å². The van der Waals surface area contributed by atoms with Gasteiger partial charge in [0.2, 0.25) is 0 Å². The first kappa shape index (κ1) is 11.1. The molecule has 3 heteroatoms. The Labute approximate surface area is 97.4 Å². The van der Waals surface area contributed by atoms with Crippen molar-refractivity contribution in [2.75, 3.05) is 38.1 Å².